The van der Waals surface area contributed by atoms with Crippen molar-refractivity contribution in [1.82, 2.24) is 4.31 Å². The zero-order chi connectivity index (χ0) is 27.2. The van der Waals surface area contributed by atoms with Gasteiger partial charge in [-0.2, -0.15) is 52.7 Å². The maximum absolute atomic E-state index is 13.1. The van der Waals surface area contributed by atoms with Crippen LogP contribution in [0.15, 0.2) is 54.1 Å². The molecule has 194 valence electrons. The van der Waals surface area contributed by atoms with Crippen LogP contribution in [0.1, 0.15) is 27.8 Å². The molecule has 3 nitrogen and oxygen atoms in total. The standard InChI is InChI=1S/C19H11F12NO2S/c1-2-32(9-10-3-11(16(20,21)22)5-12(4-10)17(23,24)25)35(33,34)15-7-13(18(26,27)28)6-14(8-15)19(29,30)31/h2-8H,1,9H2. The maximum atomic E-state index is 13.1. The molecule has 0 unspecified atom stereocenters. The molecule has 0 radical (unpaired) electrons. The number of hydrogen-bond donors (Lipinski definition) is 0. The molecule has 35 heavy (non-hydrogen) atoms. The molecule has 0 spiro atoms. The topological polar surface area (TPSA) is 37.4 Å². The summed E-state index contributed by atoms with van der Waals surface area (Å²) in [7, 11) is -5.36. The molecule has 0 aliphatic carbocycles. The minimum Gasteiger partial charge on any atom is -0.270 e. The van der Waals surface area contributed by atoms with Gasteiger partial charge in [-0.3, -0.25) is 4.31 Å². The average molecular weight is 545 g/mol. The van der Waals surface area contributed by atoms with E-state index in [0.29, 0.717) is 6.20 Å². The molecule has 0 heterocycles. The van der Waals surface area contributed by atoms with Gasteiger partial charge in [-0.15, -0.1) is 0 Å². The van der Waals surface area contributed by atoms with Crippen LogP contribution >= 0.6 is 0 Å². The Morgan fingerprint density at radius 3 is 1.23 bits per heavy atom. The summed E-state index contributed by atoms with van der Waals surface area (Å²) >= 11 is 0. The molecule has 0 fully saturated rings. The number of alkyl halides is 12. The molecule has 0 atom stereocenters. The van der Waals surface area contributed by atoms with Crippen LogP contribution in [-0.2, 0) is 41.3 Å². The molecule has 2 aromatic carbocycles. The van der Waals surface area contributed by atoms with E-state index in [4.69, 9.17) is 0 Å². The van der Waals surface area contributed by atoms with Crippen molar-refractivity contribution in [3.63, 3.8) is 0 Å². The summed E-state index contributed by atoms with van der Waals surface area (Å²) in [6.45, 7) is 1.67. The van der Waals surface area contributed by atoms with Gasteiger partial charge in [0.1, 0.15) is 0 Å². The van der Waals surface area contributed by atoms with Crippen LogP contribution in [0.4, 0.5) is 52.7 Å². The summed E-state index contributed by atoms with van der Waals surface area (Å²) in [6, 6.07) is -0.635. The van der Waals surface area contributed by atoms with Crippen molar-refractivity contribution in [1.29, 1.82) is 0 Å². The van der Waals surface area contributed by atoms with E-state index in [-0.39, 0.29) is 40.7 Å². The number of rotatable bonds is 5. The molecular weight excluding hydrogens is 534 g/mol. The zero-order valence-electron chi connectivity index (χ0n) is 16.7. The lowest BCUT2D eigenvalue weighted by Crippen LogP contribution is -2.27. The highest BCUT2D eigenvalue weighted by atomic mass is 32.2. The number of sulfonamides is 1. The maximum Gasteiger partial charge on any atom is 0.416 e. The predicted octanol–water partition coefficient (Wildman–Crippen LogP) is 7.10. The largest absolute Gasteiger partial charge is 0.416 e. The summed E-state index contributed by atoms with van der Waals surface area (Å²) in [5, 5.41) is 0. The van der Waals surface area contributed by atoms with Crippen LogP contribution in [-0.4, -0.2) is 12.7 Å². The first-order valence-electron chi connectivity index (χ1n) is 8.79. The molecule has 0 aromatic heterocycles. The smallest absolute Gasteiger partial charge is 0.270 e. The number of nitrogens with zero attached hydrogens (tertiary/aromatic N) is 1. The van der Waals surface area contributed by atoms with E-state index in [9.17, 15) is 61.1 Å². The molecule has 0 saturated heterocycles. The van der Waals surface area contributed by atoms with E-state index in [1.807, 2.05) is 0 Å². The Labute approximate surface area is 189 Å². The Kier molecular flexibility index (Phi) is 7.24. The Morgan fingerprint density at radius 2 is 0.943 bits per heavy atom. The second-order valence-corrected chi connectivity index (χ2v) is 8.78. The van der Waals surface area contributed by atoms with Crippen LogP contribution in [0.3, 0.4) is 0 Å². The minimum absolute atomic E-state index is 0.0850. The molecule has 16 heteroatoms. The number of hydrogen-bond acceptors (Lipinski definition) is 2. The van der Waals surface area contributed by atoms with Gasteiger partial charge in [0.05, 0.1) is 33.7 Å². The van der Waals surface area contributed by atoms with Crippen molar-refractivity contribution in [3.05, 3.63) is 77.0 Å². The first-order chi connectivity index (χ1) is 15.6. The lowest BCUT2D eigenvalue weighted by atomic mass is 10.0. The fraction of sp³-hybridized carbons (Fsp3) is 0.263. The average Bonchev–Trinajstić information content (AvgIpc) is 2.68. The molecular formula is C19H11F12NO2S. The van der Waals surface area contributed by atoms with Crippen molar-refractivity contribution in [2.45, 2.75) is 36.1 Å². The van der Waals surface area contributed by atoms with Crippen molar-refractivity contribution < 1.29 is 61.1 Å². The van der Waals surface area contributed by atoms with Crippen molar-refractivity contribution >= 4 is 10.0 Å². The summed E-state index contributed by atoms with van der Waals surface area (Å²) < 4.78 is 182. The second kappa shape index (κ2) is 8.95. The second-order valence-electron chi connectivity index (χ2n) is 6.89. The van der Waals surface area contributed by atoms with E-state index in [2.05, 4.69) is 6.58 Å². The Hall–Kier alpha value is -2.91. The summed E-state index contributed by atoms with van der Waals surface area (Å²) in [5.41, 5.74) is -8.57. The summed E-state index contributed by atoms with van der Waals surface area (Å²) in [5.74, 6) is 0. The van der Waals surface area contributed by atoms with Crippen LogP contribution in [0, 0.1) is 0 Å². The zero-order valence-corrected chi connectivity index (χ0v) is 17.5. The SMILES string of the molecule is C=CN(Cc1cc(C(F)(F)F)cc(C(F)(F)F)c1)S(=O)(=O)c1cc(C(F)(F)F)cc(C(F)(F)F)c1. The molecule has 2 rings (SSSR count). The van der Waals surface area contributed by atoms with E-state index < -0.39 is 74.0 Å². The highest BCUT2D eigenvalue weighted by Crippen LogP contribution is 2.39. The van der Waals surface area contributed by atoms with Crippen LogP contribution < -0.4 is 0 Å². The van der Waals surface area contributed by atoms with E-state index in [1.165, 1.54) is 0 Å². The van der Waals surface area contributed by atoms with Gasteiger partial charge in [-0.1, -0.05) is 6.58 Å². The van der Waals surface area contributed by atoms with Gasteiger partial charge >= 0.3 is 24.7 Å². The highest BCUT2D eigenvalue weighted by Gasteiger charge is 2.40. The van der Waals surface area contributed by atoms with Gasteiger partial charge in [0.25, 0.3) is 10.0 Å². The fourth-order valence-corrected chi connectivity index (χ4v) is 4.09. The monoisotopic (exact) mass is 545 g/mol. The third kappa shape index (κ3) is 6.61. The highest BCUT2D eigenvalue weighted by molar-refractivity contribution is 7.89. The van der Waals surface area contributed by atoms with Gasteiger partial charge in [0.2, 0.25) is 0 Å². The van der Waals surface area contributed by atoms with Crippen LogP contribution in [0.2, 0.25) is 0 Å². The normalized spacial score (nSPS) is 13.6. The van der Waals surface area contributed by atoms with Gasteiger partial charge in [-0.25, -0.2) is 8.42 Å². The lowest BCUT2D eigenvalue weighted by Gasteiger charge is -2.23. The lowest BCUT2D eigenvalue weighted by molar-refractivity contribution is -0.144. The summed E-state index contributed by atoms with van der Waals surface area (Å²) in [6.07, 6.45) is -21.1. The minimum atomic E-state index is -5.42. The predicted molar refractivity (Wildman–Crippen MR) is 95.8 cm³/mol. The van der Waals surface area contributed by atoms with Crippen molar-refractivity contribution in [2.75, 3.05) is 0 Å². The molecule has 0 saturated carbocycles. The van der Waals surface area contributed by atoms with E-state index >= 15 is 0 Å². The van der Waals surface area contributed by atoms with Crippen molar-refractivity contribution in [3.8, 4) is 0 Å². The van der Waals surface area contributed by atoms with Gasteiger partial charge < -0.3 is 0 Å². The first kappa shape index (κ1) is 28.3. The Bertz CT molecular complexity index is 1140. The van der Waals surface area contributed by atoms with E-state index in [1.54, 1.807) is 0 Å². The Morgan fingerprint density at radius 1 is 0.629 bits per heavy atom. The van der Waals surface area contributed by atoms with Crippen LogP contribution in [0.25, 0.3) is 0 Å². The van der Waals surface area contributed by atoms with Crippen LogP contribution in [0.5, 0.6) is 0 Å². The van der Waals surface area contributed by atoms with Gasteiger partial charge in [0, 0.05) is 6.20 Å². The summed E-state index contributed by atoms with van der Waals surface area (Å²) in [4.78, 5) is -1.57. The molecule has 0 amide bonds. The van der Waals surface area contributed by atoms with Crippen molar-refractivity contribution in [2.24, 2.45) is 0 Å². The third-order valence-corrected chi connectivity index (χ3v) is 6.08. The quantitative estimate of drug-likeness (QED) is 0.376. The molecule has 0 aliphatic heterocycles. The van der Waals surface area contributed by atoms with Gasteiger partial charge in [0.15, 0.2) is 0 Å². The number of halogens is 12. The number of benzene rings is 2. The first-order valence-corrected chi connectivity index (χ1v) is 10.2. The van der Waals surface area contributed by atoms with E-state index in [0.717, 1.165) is 0 Å². The molecule has 0 aliphatic rings. The van der Waals surface area contributed by atoms with Gasteiger partial charge in [-0.05, 0) is 42.0 Å². The fourth-order valence-electron chi connectivity index (χ4n) is 2.75. The Balaban J connectivity index is 2.66. The molecule has 0 bridgehead atoms. The third-order valence-electron chi connectivity index (χ3n) is 4.36. The molecule has 2 aromatic rings. The molecule has 0 N–H and O–H groups in total.